The highest BCUT2D eigenvalue weighted by Crippen LogP contribution is 2.54. The lowest BCUT2D eigenvalue weighted by molar-refractivity contribution is -0.0257. The number of anilines is 3. The number of aromatic amines is 1. The Hall–Kier alpha value is -4.04. The van der Waals surface area contributed by atoms with Gasteiger partial charge in [-0.15, -0.1) is 0 Å². The first-order chi connectivity index (χ1) is 20.9. The highest BCUT2D eigenvalue weighted by atomic mass is 16.5. The third-order valence-corrected chi connectivity index (χ3v) is 10.3. The first kappa shape index (κ1) is 26.6. The largest absolute Gasteiger partial charge is 0.478 e. The number of fused-ring (bicyclic) bond motifs is 2. The Kier molecular flexibility index (Phi) is 6.19. The number of ether oxygens (including phenoxy) is 1. The van der Waals surface area contributed by atoms with Crippen LogP contribution in [0.15, 0.2) is 60.8 Å². The second-order valence-electron chi connectivity index (χ2n) is 13.3. The molecule has 8 heteroatoms. The smallest absolute Gasteiger partial charge is 0.337 e. The van der Waals surface area contributed by atoms with E-state index in [9.17, 15) is 9.90 Å². The molecule has 4 aromatic rings. The standard InChI is InChI=1S/C35H39N5O3/c1-22(2)26-6-3-4-7-27(26)29-8-5-13-39(29)25-18-35(19-25)20-38(21-35)24-9-10-28(34(41)42)30(17-24)40-14-15-43-33-31(40)16-23-11-12-36-32(23)37-33/h3-4,6-7,9-12,16-17,22,25,29H,5,8,13-15,18-21H2,1-2H3,(H,36,37)(H,41,42)/t29-/m0/s1. The predicted octanol–water partition coefficient (Wildman–Crippen LogP) is 6.72. The number of H-pyrrole nitrogens is 1. The first-order valence-electron chi connectivity index (χ1n) is 15.7. The Labute approximate surface area is 252 Å². The minimum absolute atomic E-state index is 0.298. The molecule has 0 amide bonds. The molecule has 222 valence electrons. The number of hydrogen-bond acceptors (Lipinski definition) is 6. The van der Waals surface area contributed by atoms with E-state index in [1.165, 1.54) is 43.4 Å². The van der Waals surface area contributed by atoms with Crippen LogP contribution in [0.4, 0.5) is 17.1 Å². The van der Waals surface area contributed by atoms with Gasteiger partial charge in [0.05, 0.1) is 17.8 Å². The molecule has 0 bridgehead atoms. The fourth-order valence-corrected chi connectivity index (χ4v) is 8.26. The van der Waals surface area contributed by atoms with Gasteiger partial charge in [0.25, 0.3) is 0 Å². The number of carbonyl (C=O) groups is 1. The van der Waals surface area contributed by atoms with E-state index in [-0.39, 0.29) is 0 Å². The summed E-state index contributed by atoms with van der Waals surface area (Å²) in [6.07, 6.45) is 6.89. The molecule has 2 aromatic heterocycles. The van der Waals surface area contributed by atoms with Crippen LogP contribution >= 0.6 is 0 Å². The van der Waals surface area contributed by atoms with Gasteiger partial charge >= 0.3 is 5.97 Å². The van der Waals surface area contributed by atoms with Gasteiger partial charge in [0, 0.05) is 47.9 Å². The molecule has 8 rings (SSSR count). The number of benzene rings is 2. The molecular weight excluding hydrogens is 538 g/mol. The van der Waals surface area contributed by atoms with Gasteiger partial charge in [-0.25, -0.2) is 4.79 Å². The minimum Gasteiger partial charge on any atom is -0.478 e. The normalized spacial score (nSPS) is 21.6. The van der Waals surface area contributed by atoms with Gasteiger partial charge in [0.15, 0.2) is 0 Å². The number of aromatic nitrogens is 2. The van der Waals surface area contributed by atoms with E-state index in [1.54, 1.807) is 6.07 Å². The van der Waals surface area contributed by atoms with Crippen molar-refractivity contribution in [2.75, 3.05) is 42.6 Å². The fraction of sp³-hybridized carbons (Fsp3) is 0.429. The monoisotopic (exact) mass is 577 g/mol. The third kappa shape index (κ3) is 4.37. The number of carboxylic acid groups (broad SMARTS) is 1. The Morgan fingerprint density at radius 2 is 1.91 bits per heavy atom. The van der Waals surface area contributed by atoms with Gasteiger partial charge in [0.1, 0.15) is 17.9 Å². The van der Waals surface area contributed by atoms with E-state index in [0.29, 0.717) is 53.7 Å². The van der Waals surface area contributed by atoms with Crippen LogP contribution in [-0.2, 0) is 0 Å². The van der Waals surface area contributed by atoms with Crippen LogP contribution in [0.1, 0.15) is 73.0 Å². The lowest BCUT2D eigenvalue weighted by Crippen LogP contribution is -2.66. The molecule has 2 N–H and O–H groups in total. The van der Waals surface area contributed by atoms with Crippen molar-refractivity contribution in [1.29, 1.82) is 0 Å². The number of rotatable bonds is 6. The lowest BCUT2D eigenvalue weighted by atomic mass is 9.60. The van der Waals surface area contributed by atoms with Crippen molar-refractivity contribution < 1.29 is 14.6 Å². The maximum atomic E-state index is 12.3. The summed E-state index contributed by atoms with van der Waals surface area (Å²) < 4.78 is 5.88. The summed E-state index contributed by atoms with van der Waals surface area (Å²) >= 11 is 0. The van der Waals surface area contributed by atoms with Gasteiger partial charge in [0.2, 0.25) is 5.88 Å². The average Bonchev–Trinajstić information content (AvgIpc) is 3.63. The van der Waals surface area contributed by atoms with E-state index >= 15 is 0 Å². The zero-order valence-electron chi connectivity index (χ0n) is 24.9. The third-order valence-electron chi connectivity index (χ3n) is 10.3. The highest BCUT2D eigenvalue weighted by Gasteiger charge is 2.55. The van der Waals surface area contributed by atoms with Crippen LogP contribution < -0.4 is 14.5 Å². The molecule has 1 spiro atoms. The van der Waals surface area contributed by atoms with Crippen LogP contribution in [0.3, 0.4) is 0 Å². The van der Waals surface area contributed by atoms with Crippen LogP contribution in [0, 0.1) is 5.41 Å². The molecule has 2 saturated heterocycles. The Bertz CT molecular complexity index is 1700. The van der Waals surface area contributed by atoms with Crippen molar-refractivity contribution in [1.82, 2.24) is 14.9 Å². The Balaban J connectivity index is 0.999. The summed E-state index contributed by atoms with van der Waals surface area (Å²) in [5.41, 5.74) is 7.06. The topological polar surface area (TPSA) is 84.9 Å². The summed E-state index contributed by atoms with van der Waals surface area (Å²) in [5, 5.41) is 11.1. The summed E-state index contributed by atoms with van der Waals surface area (Å²) in [5.74, 6) is 0.148. The molecule has 5 heterocycles. The predicted molar refractivity (Wildman–Crippen MR) is 169 cm³/mol. The molecule has 4 aliphatic rings. The quantitative estimate of drug-likeness (QED) is 0.263. The molecule has 0 unspecified atom stereocenters. The molecule has 1 saturated carbocycles. The van der Waals surface area contributed by atoms with Crippen molar-refractivity contribution in [3.8, 4) is 5.88 Å². The molecule has 1 aliphatic carbocycles. The maximum Gasteiger partial charge on any atom is 0.337 e. The van der Waals surface area contributed by atoms with E-state index in [1.807, 2.05) is 24.4 Å². The van der Waals surface area contributed by atoms with Crippen LogP contribution in [0.5, 0.6) is 5.88 Å². The zero-order valence-corrected chi connectivity index (χ0v) is 24.9. The van der Waals surface area contributed by atoms with Crippen molar-refractivity contribution >= 4 is 34.1 Å². The molecule has 43 heavy (non-hydrogen) atoms. The number of pyridine rings is 1. The van der Waals surface area contributed by atoms with E-state index in [4.69, 9.17) is 4.74 Å². The van der Waals surface area contributed by atoms with Crippen molar-refractivity contribution in [2.45, 2.75) is 57.5 Å². The summed E-state index contributed by atoms with van der Waals surface area (Å²) in [6.45, 7) is 8.89. The Morgan fingerprint density at radius 1 is 1.07 bits per heavy atom. The number of nitrogens with one attached hydrogen (secondary N) is 1. The summed E-state index contributed by atoms with van der Waals surface area (Å²) in [7, 11) is 0. The molecular formula is C35H39N5O3. The Morgan fingerprint density at radius 3 is 2.72 bits per heavy atom. The van der Waals surface area contributed by atoms with Crippen LogP contribution in [0.2, 0.25) is 0 Å². The van der Waals surface area contributed by atoms with Crippen molar-refractivity contribution in [3.63, 3.8) is 0 Å². The zero-order chi connectivity index (χ0) is 29.3. The highest BCUT2D eigenvalue weighted by molar-refractivity contribution is 5.97. The van der Waals surface area contributed by atoms with Gasteiger partial charge in [-0.2, -0.15) is 4.98 Å². The fourth-order valence-electron chi connectivity index (χ4n) is 8.26. The SMILES string of the molecule is CC(C)c1ccccc1[C@@H]1CCCN1C1CC2(C1)CN(c1ccc(C(=O)O)c(N3CCOc4nc5[nH]ccc5cc43)c1)C2. The second kappa shape index (κ2) is 10.0. The van der Waals surface area contributed by atoms with E-state index in [0.717, 1.165) is 35.5 Å². The van der Waals surface area contributed by atoms with E-state index in [2.05, 4.69) is 68.8 Å². The number of likely N-dealkylation sites (tertiary alicyclic amines) is 1. The van der Waals surface area contributed by atoms with Crippen LogP contribution in [0.25, 0.3) is 11.0 Å². The molecule has 3 fully saturated rings. The first-order valence-corrected chi connectivity index (χ1v) is 15.7. The van der Waals surface area contributed by atoms with Gasteiger partial charge in [-0.05, 0) is 79.6 Å². The van der Waals surface area contributed by atoms with Crippen molar-refractivity contribution in [2.24, 2.45) is 5.41 Å². The number of aromatic carboxylic acids is 1. The van der Waals surface area contributed by atoms with Gasteiger partial charge in [-0.3, -0.25) is 4.90 Å². The van der Waals surface area contributed by atoms with Crippen molar-refractivity contribution in [3.05, 3.63) is 77.5 Å². The summed E-state index contributed by atoms with van der Waals surface area (Å²) in [6, 6.07) is 20.1. The lowest BCUT2D eigenvalue weighted by Gasteiger charge is -2.62. The second-order valence-corrected chi connectivity index (χ2v) is 13.3. The number of nitrogens with zero attached hydrogens (tertiary/aromatic N) is 4. The molecule has 0 radical (unpaired) electrons. The van der Waals surface area contributed by atoms with Gasteiger partial charge in [-0.1, -0.05) is 38.1 Å². The maximum absolute atomic E-state index is 12.3. The molecule has 8 nitrogen and oxygen atoms in total. The van der Waals surface area contributed by atoms with Crippen LogP contribution in [-0.4, -0.2) is 64.8 Å². The number of carboxylic acids is 1. The molecule has 1 atom stereocenters. The molecule has 2 aromatic carbocycles. The number of hydrogen-bond donors (Lipinski definition) is 2. The summed E-state index contributed by atoms with van der Waals surface area (Å²) in [4.78, 5) is 27.4. The van der Waals surface area contributed by atoms with E-state index < -0.39 is 5.97 Å². The minimum atomic E-state index is -0.925. The van der Waals surface area contributed by atoms with Gasteiger partial charge < -0.3 is 24.6 Å². The average molecular weight is 578 g/mol. The molecule has 3 aliphatic heterocycles.